The summed E-state index contributed by atoms with van der Waals surface area (Å²) in [6.45, 7) is 3.50. The molecule has 3 aliphatic rings. The Labute approximate surface area is 145 Å². The minimum Gasteiger partial charge on any atom is -0.496 e. The number of hydrogen-bond donors (Lipinski definition) is 0. The molecule has 5 rings (SSSR count). The van der Waals surface area contributed by atoms with Gasteiger partial charge in [-0.25, -0.2) is 4.68 Å². The highest BCUT2D eigenvalue weighted by atomic mass is 16.7. The normalized spacial score (nSPS) is 24.7. The monoisotopic (exact) mass is 344 g/mol. The highest BCUT2D eigenvalue weighted by Gasteiger charge is 2.36. The number of rotatable bonds is 3. The smallest absolute Gasteiger partial charge is 0.231 e. The molecule has 1 aromatic carbocycles. The van der Waals surface area contributed by atoms with E-state index in [0.29, 0.717) is 6.61 Å². The molecule has 0 saturated carbocycles. The molecule has 2 unspecified atom stereocenters. The molecule has 8 nitrogen and oxygen atoms in total. The first-order valence-electron chi connectivity index (χ1n) is 8.51. The molecule has 25 heavy (non-hydrogen) atoms. The van der Waals surface area contributed by atoms with E-state index in [0.717, 1.165) is 54.6 Å². The Morgan fingerprint density at radius 1 is 1.28 bits per heavy atom. The van der Waals surface area contributed by atoms with Crippen molar-refractivity contribution in [1.82, 2.24) is 19.9 Å². The van der Waals surface area contributed by atoms with Crippen LogP contribution in [0, 0.1) is 0 Å². The van der Waals surface area contributed by atoms with Crippen LogP contribution >= 0.6 is 0 Å². The minimum absolute atomic E-state index is 0.208. The number of fused-ring (bicyclic) bond motifs is 4. The van der Waals surface area contributed by atoms with E-state index in [1.807, 2.05) is 16.8 Å². The van der Waals surface area contributed by atoms with E-state index >= 15 is 0 Å². The van der Waals surface area contributed by atoms with Crippen LogP contribution in [0.1, 0.15) is 23.7 Å². The first-order chi connectivity index (χ1) is 12.3. The SMILES string of the molecule is COc1cc2c(cc1CN1CCC3OCc4cnnn4C3C1)OCO2. The van der Waals surface area contributed by atoms with E-state index in [4.69, 9.17) is 18.9 Å². The molecule has 2 aromatic rings. The predicted molar refractivity (Wildman–Crippen MR) is 86.6 cm³/mol. The lowest BCUT2D eigenvalue weighted by Crippen LogP contribution is -2.47. The fourth-order valence-corrected chi connectivity index (χ4v) is 3.91. The van der Waals surface area contributed by atoms with Crippen molar-refractivity contribution in [1.29, 1.82) is 0 Å². The van der Waals surface area contributed by atoms with Crippen molar-refractivity contribution in [3.63, 3.8) is 0 Å². The Morgan fingerprint density at radius 2 is 2.16 bits per heavy atom. The van der Waals surface area contributed by atoms with Crippen LogP contribution < -0.4 is 14.2 Å². The summed E-state index contributed by atoms with van der Waals surface area (Å²) < 4.78 is 24.5. The van der Waals surface area contributed by atoms with Gasteiger partial charge in [0.2, 0.25) is 6.79 Å². The third-order valence-electron chi connectivity index (χ3n) is 5.18. The van der Waals surface area contributed by atoms with E-state index in [-0.39, 0.29) is 18.9 Å². The molecule has 2 atom stereocenters. The maximum absolute atomic E-state index is 5.98. The zero-order chi connectivity index (χ0) is 16.8. The van der Waals surface area contributed by atoms with Crippen LogP contribution in [0.25, 0.3) is 0 Å². The van der Waals surface area contributed by atoms with Gasteiger partial charge in [0.15, 0.2) is 11.5 Å². The van der Waals surface area contributed by atoms with E-state index < -0.39 is 0 Å². The second kappa shape index (κ2) is 5.89. The average Bonchev–Trinajstić information content (AvgIpc) is 3.29. The fourth-order valence-electron chi connectivity index (χ4n) is 3.91. The first-order valence-corrected chi connectivity index (χ1v) is 8.51. The van der Waals surface area contributed by atoms with Gasteiger partial charge in [-0.15, -0.1) is 5.10 Å². The average molecular weight is 344 g/mol. The van der Waals surface area contributed by atoms with Crippen molar-refractivity contribution >= 4 is 0 Å². The molecule has 8 heteroatoms. The molecule has 0 N–H and O–H groups in total. The van der Waals surface area contributed by atoms with Crippen molar-refractivity contribution in [2.75, 3.05) is 27.0 Å². The van der Waals surface area contributed by atoms with Crippen molar-refractivity contribution < 1.29 is 18.9 Å². The van der Waals surface area contributed by atoms with Gasteiger partial charge in [-0.2, -0.15) is 0 Å². The lowest BCUT2D eigenvalue weighted by Gasteiger charge is -2.41. The molecule has 0 radical (unpaired) electrons. The molecular formula is C17H20N4O4. The van der Waals surface area contributed by atoms with Gasteiger partial charge >= 0.3 is 0 Å². The molecule has 1 aromatic heterocycles. The van der Waals surface area contributed by atoms with Crippen molar-refractivity contribution in [3.05, 3.63) is 29.6 Å². The molecule has 1 fully saturated rings. The van der Waals surface area contributed by atoms with E-state index in [9.17, 15) is 0 Å². The van der Waals surface area contributed by atoms with Gasteiger partial charge in [-0.05, 0) is 12.5 Å². The fraction of sp³-hybridized carbons (Fsp3) is 0.529. The topological polar surface area (TPSA) is 70.9 Å². The number of nitrogens with zero attached hydrogens (tertiary/aromatic N) is 4. The summed E-state index contributed by atoms with van der Waals surface area (Å²) in [5.41, 5.74) is 2.14. The van der Waals surface area contributed by atoms with Crippen molar-refractivity contribution in [3.8, 4) is 17.2 Å². The Balaban J connectivity index is 1.38. The van der Waals surface area contributed by atoms with Gasteiger partial charge in [-0.1, -0.05) is 5.21 Å². The van der Waals surface area contributed by atoms with Gasteiger partial charge in [0, 0.05) is 31.3 Å². The lowest BCUT2D eigenvalue weighted by atomic mass is 9.99. The Hall–Kier alpha value is -2.32. The Kier molecular flexibility index (Phi) is 3.53. The summed E-state index contributed by atoms with van der Waals surface area (Å²) in [7, 11) is 1.68. The molecule has 1 saturated heterocycles. The minimum atomic E-state index is 0.208. The number of aromatic nitrogens is 3. The summed E-state index contributed by atoms with van der Waals surface area (Å²) in [6, 6.07) is 4.13. The molecule has 0 bridgehead atoms. The maximum atomic E-state index is 5.98. The summed E-state index contributed by atoms with van der Waals surface area (Å²) >= 11 is 0. The van der Waals surface area contributed by atoms with Gasteiger partial charge in [0.25, 0.3) is 0 Å². The second-order valence-electron chi connectivity index (χ2n) is 6.63. The van der Waals surface area contributed by atoms with Crippen molar-refractivity contribution in [2.24, 2.45) is 0 Å². The van der Waals surface area contributed by atoms with E-state index in [1.165, 1.54) is 0 Å². The molecule has 4 heterocycles. The summed E-state index contributed by atoms with van der Waals surface area (Å²) in [6.07, 6.45) is 2.98. The largest absolute Gasteiger partial charge is 0.496 e. The molecule has 0 spiro atoms. The molecule has 3 aliphatic heterocycles. The van der Waals surface area contributed by atoms with Crippen LogP contribution in [0.5, 0.6) is 17.2 Å². The summed E-state index contributed by atoms with van der Waals surface area (Å²) in [5, 5.41) is 8.30. The summed E-state index contributed by atoms with van der Waals surface area (Å²) in [4.78, 5) is 2.40. The van der Waals surface area contributed by atoms with E-state index in [2.05, 4.69) is 15.2 Å². The quantitative estimate of drug-likeness (QED) is 0.832. The molecule has 132 valence electrons. The van der Waals surface area contributed by atoms with Crippen LogP contribution in [0.2, 0.25) is 0 Å². The van der Waals surface area contributed by atoms with Crippen LogP contribution in [-0.4, -0.2) is 53.0 Å². The number of methoxy groups -OCH3 is 1. The van der Waals surface area contributed by atoms with Gasteiger partial charge < -0.3 is 18.9 Å². The van der Waals surface area contributed by atoms with Crippen LogP contribution in [0.4, 0.5) is 0 Å². The number of benzene rings is 1. The Morgan fingerprint density at radius 3 is 3.04 bits per heavy atom. The Bertz CT molecular complexity index is 793. The van der Waals surface area contributed by atoms with Gasteiger partial charge in [-0.3, -0.25) is 4.90 Å². The molecule has 0 aliphatic carbocycles. The standard InChI is InChI=1S/C17H20N4O4/c1-22-15-5-17-16(24-10-25-17)4-11(15)7-20-3-2-14-13(8-20)21-12(9-23-14)6-18-19-21/h4-6,13-14H,2-3,7-10H2,1H3. The number of likely N-dealkylation sites (tertiary alicyclic amines) is 1. The zero-order valence-electron chi connectivity index (χ0n) is 14.1. The van der Waals surface area contributed by atoms with Crippen LogP contribution in [0.3, 0.4) is 0 Å². The van der Waals surface area contributed by atoms with Crippen LogP contribution in [-0.2, 0) is 17.9 Å². The summed E-state index contributed by atoms with van der Waals surface area (Å²) in [5.74, 6) is 2.35. The van der Waals surface area contributed by atoms with Gasteiger partial charge in [0.05, 0.1) is 37.8 Å². The molecule has 0 amide bonds. The number of hydrogen-bond acceptors (Lipinski definition) is 7. The van der Waals surface area contributed by atoms with Crippen molar-refractivity contribution in [2.45, 2.75) is 31.7 Å². The third kappa shape index (κ3) is 2.52. The molecular weight excluding hydrogens is 324 g/mol. The third-order valence-corrected chi connectivity index (χ3v) is 5.18. The number of piperidine rings is 1. The maximum Gasteiger partial charge on any atom is 0.231 e. The zero-order valence-corrected chi connectivity index (χ0v) is 14.1. The highest BCUT2D eigenvalue weighted by molar-refractivity contribution is 5.51. The first kappa shape index (κ1) is 15.0. The highest BCUT2D eigenvalue weighted by Crippen LogP contribution is 2.39. The van der Waals surface area contributed by atoms with E-state index in [1.54, 1.807) is 13.3 Å². The predicted octanol–water partition coefficient (Wildman–Crippen LogP) is 1.36. The van der Waals surface area contributed by atoms with Crippen LogP contribution in [0.15, 0.2) is 18.3 Å². The number of ether oxygens (including phenoxy) is 4. The van der Waals surface area contributed by atoms with Gasteiger partial charge in [0.1, 0.15) is 5.75 Å². The lowest BCUT2D eigenvalue weighted by molar-refractivity contribution is -0.0670. The second-order valence-corrected chi connectivity index (χ2v) is 6.63.